The third-order valence-electron chi connectivity index (χ3n) is 1.99. The van der Waals surface area contributed by atoms with Crippen molar-refractivity contribution in [3.05, 3.63) is 28.8 Å². The van der Waals surface area contributed by atoms with Gasteiger partial charge in [0.15, 0.2) is 0 Å². The summed E-state index contributed by atoms with van der Waals surface area (Å²) in [7, 11) is -1.47. The van der Waals surface area contributed by atoms with E-state index in [4.69, 9.17) is 21.6 Å². The van der Waals surface area contributed by atoms with E-state index in [0.29, 0.717) is 17.0 Å². The maximum Gasteiger partial charge on any atom is 0.488 e. The first-order chi connectivity index (χ1) is 6.66. The molecule has 14 heavy (non-hydrogen) atoms. The highest BCUT2D eigenvalue weighted by Crippen LogP contribution is 2.13. The smallest absolute Gasteiger partial charge is 0.423 e. The second-order valence-electron chi connectivity index (χ2n) is 2.96. The van der Waals surface area contributed by atoms with Gasteiger partial charge in [-0.1, -0.05) is 30.7 Å². The van der Waals surface area contributed by atoms with E-state index in [0.717, 1.165) is 12.1 Å². The second-order valence-corrected chi connectivity index (χ2v) is 3.37. The lowest BCUT2D eigenvalue weighted by Crippen LogP contribution is -2.35. The van der Waals surface area contributed by atoms with Gasteiger partial charge in [-0.2, -0.15) is 0 Å². The highest BCUT2D eigenvalue weighted by Gasteiger charge is 2.17. The number of benzene rings is 1. The summed E-state index contributed by atoms with van der Waals surface area (Å²) in [6, 6.07) is 5.09. The third kappa shape index (κ3) is 2.72. The van der Waals surface area contributed by atoms with Gasteiger partial charge in [0, 0.05) is 11.6 Å². The van der Waals surface area contributed by atoms with Gasteiger partial charge in [0.25, 0.3) is 0 Å². The van der Waals surface area contributed by atoms with E-state index in [1.165, 1.54) is 0 Å². The molecule has 0 amide bonds. The zero-order valence-corrected chi connectivity index (χ0v) is 8.75. The molecule has 3 N–H and O–H groups in total. The van der Waals surface area contributed by atoms with Crippen LogP contribution in [0.2, 0.25) is 5.02 Å². The van der Waals surface area contributed by atoms with Crippen molar-refractivity contribution < 1.29 is 10.0 Å². The molecule has 0 aliphatic carbocycles. The number of nitrogens with one attached hydrogen (secondary N) is 1. The molecule has 76 valence electrons. The van der Waals surface area contributed by atoms with Gasteiger partial charge in [-0.25, -0.2) is 0 Å². The summed E-state index contributed by atoms with van der Waals surface area (Å²) in [6.45, 7) is 3.33. The molecule has 0 aromatic heterocycles. The SMILES string of the molecule is CCNCc1c(Cl)cccc1B(O)O. The largest absolute Gasteiger partial charge is 0.488 e. The highest BCUT2D eigenvalue weighted by atomic mass is 35.5. The molecule has 0 saturated heterocycles. The fourth-order valence-corrected chi connectivity index (χ4v) is 1.50. The van der Waals surface area contributed by atoms with Crippen molar-refractivity contribution in [3.8, 4) is 0 Å². The molecule has 3 nitrogen and oxygen atoms in total. The number of rotatable bonds is 4. The Morgan fingerprint density at radius 1 is 1.43 bits per heavy atom. The fraction of sp³-hybridized carbons (Fsp3) is 0.333. The average molecular weight is 213 g/mol. The van der Waals surface area contributed by atoms with Gasteiger partial charge >= 0.3 is 7.12 Å². The van der Waals surface area contributed by atoms with Crippen molar-refractivity contribution in [2.24, 2.45) is 0 Å². The van der Waals surface area contributed by atoms with Gasteiger partial charge in [-0.05, 0) is 23.6 Å². The fourth-order valence-electron chi connectivity index (χ4n) is 1.25. The Morgan fingerprint density at radius 3 is 2.71 bits per heavy atom. The average Bonchev–Trinajstić information content (AvgIpc) is 2.15. The Hall–Kier alpha value is -0.545. The van der Waals surface area contributed by atoms with E-state index < -0.39 is 7.12 Å². The lowest BCUT2D eigenvalue weighted by molar-refractivity contribution is 0.425. The summed E-state index contributed by atoms with van der Waals surface area (Å²) in [5, 5.41) is 21.8. The van der Waals surface area contributed by atoms with Crippen molar-refractivity contribution in [2.45, 2.75) is 13.5 Å². The molecular weight excluding hydrogens is 200 g/mol. The Morgan fingerprint density at radius 2 is 2.14 bits per heavy atom. The van der Waals surface area contributed by atoms with Crippen LogP contribution in [0.25, 0.3) is 0 Å². The molecule has 0 atom stereocenters. The van der Waals surface area contributed by atoms with Crippen LogP contribution < -0.4 is 10.8 Å². The standard InChI is InChI=1S/C9H13BClNO2/c1-2-12-6-7-8(10(13)14)4-3-5-9(7)11/h3-5,12-14H,2,6H2,1H3. The number of hydrogen-bond acceptors (Lipinski definition) is 3. The maximum atomic E-state index is 9.10. The quantitative estimate of drug-likeness (QED) is 0.623. The van der Waals surface area contributed by atoms with E-state index in [2.05, 4.69) is 5.32 Å². The molecular formula is C9H13BClNO2. The molecule has 0 heterocycles. The van der Waals surface area contributed by atoms with Crippen LogP contribution in [0.1, 0.15) is 12.5 Å². The number of halogens is 1. The molecule has 0 fully saturated rings. The molecule has 1 aromatic rings. The van der Waals surface area contributed by atoms with E-state index in [1.807, 2.05) is 6.92 Å². The van der Waals surface area contributed by atoms with Crippen molar-refractivity contribution in [1.29, 1.82) is 0 Å². The summed E-state index contributed by atoms with van der Waals surface area (Å²) in [5.41, 5.74) is 1.20. The number of hydrogen-bond donors (Lipinski definition) is 3. The Balaban J connectivity index is 2.96. The topological polar surface area (TPSA) is 52.5 Å². The van der Waals surface area contributed by atoms with Crippen molar-refractivity contribution >= 4 is 24.2 Å². The van der Waals surface area contributed by atoms with Crippen LogP contribution in [0.5, 0.6) is 0 Å². The molecule has 0 spiro atoms. The van der Waals surface area contributed by atoms with Gasteiger partial charge in [-0.15, -0.1) is 0 Å². The highest BCUT2D eigenvalue weighted by molar-refractivity contribution is 6.59. The Kier molecular flexibility index (Phi) is 4.42. The van der Waals surface area contributed by atoms with Crippen LogP contribution in [0.3, 0.4) is 0 Å². The first kappa shape index (κ1) is 11.5. The van der Waals surface area contributed by atoms with Gasteiger partial charge in [0.05, 0.1) is 0 Å². The molecule has 5 heteroatoms. The summed E-state index contributed by atoms with van der Waals surface area (Å²) >= 11 is 5.95. The lowest BCUT2D eigenvalue weighted by atomic mass is 9.77. The minimum Gasteiger partial charge on any atom is -0.423 e. The van der Waals surface area contributed by atoms with Gasteiger partial charge in [0.1, 0.15) is 0 Å². The minimum absolute atomic E-state index is 0.457. The van der Waals surface area contributed by atoms with Crippen LogP contribution in [-0.4, -0.2) is 23.7 Å². The van der Waals surface area contributed by atoms with Crippen molar-refractivity contribution in [2.75, 3.05) is 6.54 Å². The molecule has 0 aliphatic heterocycles. The van der Waals surface area contributed by atoms with E-state index in [9.17, 15) is 0 Å². The van der Waals surface area contributed by atoms with Gasteiger partial charge < -0.3 is 15.4 Å². The molecule has 1 rings (SSSR count). The summed E-state index contributed by atoms with van der Waals surface area (Å²) in [6.07, 6.45) is 0. The van der Waals surface area contributed by atoms with Crippen molar-refractivity contribution in [1.82, 2.24) is 5.32 Å². The van der Waals surface area contributed by atoms with E-state index >= 15 is 0 Å². The van der Waals surface area contributed by atoms with Gasteiger partial charge in [0.2, 0.25) is 0 Å². The zero-order chi connectivity index (χ0) is 10.6. The summed E-state index contributed by atoms with van der Waals surface area (Å²) in [4.78, 5) is 0. The molecule has 1 aromatic carbocycles. The summed E-state index contributed by atoms with van der Waals surface area (Å²) < 4.78 is 0. The van der Waals surface area contributed by atoms with E-state index in [-0.39, 0.29) is 0 Å². The van der Waals surface area contributed by atoms with Crippen LogP contribution in [0.15, 0.2) is 18.2 Å². The lowest BCUT2D eigenvalue weighted by Gasteiger charge is -2.10. The second kappa shape index (κ2) is 5.36. The Bertz CT molecular complexity index is 307. The molecule has 0 aliphatic rings. The Labute approximate surface area is 88.9 Å². The van der Waals surface area contributed by atoms with Crippen LogP contribution >= 0.6 is 11.6 Å². The molecule has 0 saturated carbocycles. The van der Waals surface area contributed by atoms with Crippen LogP contribution in [0, 0.1) is 0 Å². The first-order valence-electron chi connectivity index (χ1n) is 4.51. The zero-order valence-electron chi connectivity index (χ0n) is 8.00. The van der Waals surface area contributed by atoms with Crippen LogP contribution in [-0.2, 0) is 6.54 Å². The maximum absolute atomic E-state index is 9.10. The molecule has 0 bridgehead atoms. The first-order valence-corrected chi connectivity index (χ1v) is 4.88. The predicted octanol–water partition coefficient (Wildman–Crippen LogP) is 0.129. The van der Waals surface area contributed by atoms with Crippen LogP contribution in [0.4, 0.5) is 0 Å². The predicted molar refractivity (Wildman–Crippen MR) is 58.7 cm³/mol. The third-order valence-corrected chi connectivity index (χ3v) is 2.34. The summed E-state index contributed by atoms with van der Waals surface area (Å²) in [5.74, 6) is 0. The van der Waals surface area contributed by atoms with Crippen molar-refractivity contribution in [3.63, 3.8) is 0 Å². The minimum atomic E-state index is -1.47. The van der Waals surface area contributed by atoms with E-state index in [1.54, 1.807) is 18.2 Å². The molecule has 0 radical (unpaired) electrons. The molecule has 0 unspecified atom stereocenters. The monoisotopic (exact) mass is 213 g/mol. The normalized spacial score (nSPS) is 10.3. The van der Waals surface area contributed by atoms with Gasteiger partial charge in [-0.3, -0.25) is 0 Å².